The van der Waals surface area contributed by atoms with E-state index in [-0.39, 0.29) is 17.2 Å². The highest BCUT2D eigenvalue weighted by atomic mass is 35.5. The second-order valence-corrected chi connectivity index (χ2v) is 6.75. The van der Waals surface area contributed by atoms with E-state index in [1.54, 1.807) is 12.1 Å². The Hall–Kier alpha value is -2.53. The highest BCUT2D eigenvalue weighted by molar-refractivity contribution is 6.36. The standard InChI is InChI=1S/C19H16ClFN2O2/c1-10(24)18-15-6-14(16(20)7-17(15)22-19(18)25)11-2-4-13(5-3-11)23-8-12(21)9-23/h2-7,12,24H,8-9H2,1H3,(H,22,25)/b18-10+. The van der Waals surface area contributed by atoms with Gasteiger partial charge in [0.15, 0.2) is 0 Å². The molecule has 1 fully saturated rings. The molecule has 0 spiro atoms. The van der Waals surface area contributed by atoms with E-state index in [2.05, 4.69) is 5.32 Å². The van der Waals surface area contributed by atoms with Gasteiger partial charge in [0, 0.05) is 16.8 Å². The highest BCUT2D eigenvalue weighted by Crippen LogP contribution is 2.40. The van der Waals surface area contributed by atoms with Crippen LogP contribution in [0, 0.1) is 0 Å². The summed E-state index contributed by atoms with van der Waals surface area (Å²) >= 11 is 6.39. The second kappa shape index (κ2) is 5.77. The zero-order valence-electron chi connectivity index (χ0n) is 13.5. The van der Waals surface area contributed by atoms with Gasteiger partial charge in [-0.05, 0) is 36.8 Å². The van der Waals surface area contributed by atoms with Gasteiger partial charge in [0.1, 0.15) is 11.9 Å². The van der Waals surface area contributed by atoms with Crippen LogP contribution in [0.5, 0.6) is 0 Å². The van der Waals surface area contributed by atoms with Crippen LogP contribution in [0.2, 0.25) is 5.02 Å². The Morgan fingerprint density at radius 1 is 1.24 bits per heavy atom. The molecule has 0 unspecified atom stereocenters. The van der Waals surface area contributed by atoms with Gasteiger partial charge in [-0.3, -0.25) is 4.79 Å². The smallest absolute Gasteiger partial charge is 0.259 e. The molecule has 0 saturated carbocycles. The van der Waals surface area contributed by atoms with Crippen molar-refractivity contribution < 1.29 is 14.3 Å². The first-order valence-electron chi connectivity index (χ1n) is 7.98. The van der Waals surface area contributed by atoms with Gasteiger partial charge in [-0.15, -0.1) is 0 Å². The lowest BCUT2D eigenvalue weighted by Gasteiger charge is -2.36. The summed E-state index contributed by atoms with van der Waals surface area (Å²) in [4.78, 5) is 14.0. The number of fused-ring (bicyclic) bond motifs is 1. The van der Waals surface area contributed by atoms with Gasteiger partial charge in [0.2, 0.25) is 0 Å². The summed E-state index contributed by atoms with van der Waals surface area (Å²) < 4.78 is 13.0. The predicted octanol–water partition coefficient (Wildman–Crippen LogP) is 4.41. The van der Waals surface area contributed by atoms with Gasteiger partial charge in [0.05, 0.1) is 29.4 Å². The number of hydrogen-bond acceptors (Lipinski definition) is 3. The van der Waals surface area contributed by atoms with Crippen molar-refractivity contribution in [3.63, 3.8) is 0 Å². The number of aliphatic hydroxyl groups excluding tert-OH is 1. The fourth-order valence-corrected chi connectivity index (χ4v) is 3.53. The first kappa shape index (κ1) is 16.0. The number of carbonyl (C=O) groups excluding carboxylic acids is 1. The molecule has 6 heteroatoms. The van der Waals surface area contributed by atoms with E-state index in [1.165, 1.54) is 6.92 Å². The Bertz CT molecular complexity index is 898. The Balaban J connectivity index is 1.72. The lowest BCUT2D eigenvalue weighted by molar-refractivity contribution is -0.110. The molecule has 0 bridgehead atoms. The Morgan fingerprint density at radius 2 is 1.92 bits per heavy atom. The number of alkyl halides is 1. The summed E-state index contributed by atoms with van der Waals surface area (Å²) in [5, 5.41) is 13.0. The van der Waals surface area contributed by atoms with Crippen molar-refractivity contribution in [2.75, 3.05) is 23.3 Å². The summed E-state index contributed by atoms with van der Waals surface area (Å²) in [6, 6.07) is 11.2. The number of benzene rings is 2. The van der Waals surface area contributed by atoms with E-state index < -0.39 is 6.17 Å². The summed E-state index contributed by atoms with van der Waals surface area (Å²) in [7, 11) is 0. The number of amides is 1. The first-order valence-corrected chi connectivity index (χ1v) is 8.36. The molecular weight excluding hydrogens is 343 g/mol. The van der Waals surface area contributed by atoms with Crippen molar-refractivity contribution in [3.8, 4) is 11.1 Å². The molecule has 0 aromatic heterocycles. The highest BCUT2D eigenvalue weighted by Gasteiger charge is 2.28. The molecule has 2 heterocycles. The molecule has 128 valence electrons. The zero-order chi connectivity index (χ0) is 17.7. The number of hydrogen-bond donors (Lipinski definition) is 2. The lowest BCUT2D eigenvalue weighted by Crippen LogP contribution is -2.48. The minimum atomic E-state index is -0.747. The summed E-state index contributed by atoms with van der Waals surface area (Å²) in [5.74, 6) is -0.365. The fraction of sp³-hybridized carbons (Fsp3) is 0.211. The van der Waals surface area contributed by atoms with E-state index in [0.717, 1.165) is 16.8 Å². The van der Waals surface area contributed by atoms with E-state index >= 15 is 0 Å². The van der Waals surface area contributed by atoms with E-state index in [1.807, 2.05) is 29.2 Å². The van der Waals surface area contributed by atoms with Crippen molar-refractivity contribution in [3.05, 3.63) is 52.7 Å². The largest absolute Gasteiger partial charge is 0.512 e. The third-order valence-electron chi connectivity index (χ3n) is 4.59. The molecule has 1 saturated heterocycles. The number of halogens is 2. The lowest BCUT2D eigenvalue weighted by atomic mass is 9.98. The molecule has 2 aromatic rings. The molecule has 0 radical (unpaired) electrons. The summed E-state index contributed by atoms with van der Waals surface area (Å²) in [6.45, 7) is 2.34. The van der Waals surface area contributed by atoms with Gasteiger partial charge >= 0.3 is 0 Å². The van der Waals surface area contributed by atoms with Gasteiger partial charge in [-0.2, -0.15) is 0 Å². The number of carbonyl (C=O) groups is 1. The molecule has 25 heavy (non-hydrogen) atoms. The second-order valence-electron chi connectivity index (χ2n) is 6.34. The Morgan fingerprint density at radius 3 is 2.52 bits per heavy atom. The molecule has 0 atom stereocenters. The fourth-order valence-electron chi connectivity index (χ4n) is 3.26. The number of allylic oxidation sites excluding steroid dienone is 1. The number of aliphatic hydroxyl groups is 1. The quantitative estimate of drug-likeness (QED) is 0.617. The first-order chi connectivity index (χ1) is 11.9. The number of anilines is 2. The molecule has 2 aliphatic rings. The van der Waals surface area contributed by atoms with Crippen LogP contribution in [0.4, 0.5) is 15.8 Å². The zero-order valence-corrected chi connectivity index (χ0v) is 14.3. The topological polar surface area (TPSA) is 52.6 Å². The Labute approximate surface area is 149 Å². The maximum absolute atomic E-state index is 13.0. The van der Waals surface area contributed by atoms with Crippen molar-refractivity contribution >= 4 is 34.5 Å². The minimum Gasteiger partial charge on any atom is -0.512 e. The summed E-state index contributed by atoms with van der Waals surface area (Å²) in [6.07, 6.45) is -0.747. The van der Waals surface area contributed by atoms with Crippen molar-refractivity contribution in [1.82, 2.24) is 0 Å². The molecule has 1 amide bonds. The molecule has 4 rings (SSSR count). The van der Waals surface area contributed by atoms with Crippen LogP contribution in [0.25, 0.3) is 16.7 Å². The average Bonchev–Trinajstić information content (AvgIpc) is 2.86. The van der Waals surface area contributed by atoms with Gasteiger partial charge in [-0.1, -0.05) is 23.7 Å². The van der Waals surface area contributed by atoms with Crippen LogP contribution in [0.15, 0.2) is 42.2 Å². The van der Waals surface area contributed by atoms with Crippen molar-refractivity contribution in [1.29, 1.82) is 0 Å². The number of nitrogens with zero attached hydrogens (tertiary/aromatic N) is 1. The molecule has 0 aliphatic carbocycles. The van der Waals surface area contributed by atoms with Crippen LogP contribution >= 0.6 is 11.6 Å². The maximum atomic E-state index is 13.0. The minimum absolute atomic E-state index is 0.0292. The molecule has 2 N–H and O–H groups in total. The monoisotopic (exact) mass is 358 g/mol. The third-order valence-corrected chi connectivity index (χ3v) is 4.91. The molecule has 2 aliphatic heterocycles. The number of rotatable bonds is 2. The van der Waals surface area contributed by atoms with Crippen LogP contribution in [-0.4, -0.2) is 30.3 Å². The van der Waals surface area contributed by atoms with E-state index in [9.17, 15) is 14.3 Å². The van der Waals surface area contributed by atoms with E-state index in [4.69, 9.17) is 11.6 Å². The van der Waals surface area contributed by atoms with Crippen LogP contribution < -0.4 is 10.2 Å². The Kier molecular flexibility index (Phi) is 3.69. The average molecular weight is 359 g/mol. The van der Waals surface area contributed by atoms with Gasteiger partial charge < -0.3 is 15.3 Å². The van der Waals surface area contributed by atoms with E-state index in [0.29, 0.717) is 29.4 Å². The van der Waals surface area contributed by atoms with Crippen molar-refractivity contribution in [2.45, 2.75) is 13.1 Å². The maximum Gasteiger partial charge on any atom is 0.259 e. The van der Waals surface area contributed by atoms with Crippen molar-refractivity contribution in [2.24, 2.45) is 0 Å². The predicted molar refractivity (Wildman–Crippen MR) is 97.8 cm³/mol. The third kappa shape index (κ3) is 2.65. The van der Waals surface area contributed by atoms with Crippen LogP contribution in [0.3, 0.4) is 0 Å². The summed E-state index contributed by atoms with van der Waals surface area (Å²) in [5.41, 5.74) is 4.12. The SMILES string of the molecule is C/C(O)=C1\C(=O)Nc2cc(Cl)c(-c3ccc(N4CC(F)C4)cc3)cc21. The molecule has 4 nitrogen and oxygen atoms in total. The molecular formula is C19H16ClFN2O2. The van der Waals surface area contributed by atoms with Gasteiger partial charge in [0.25, 0.3) is 5.91 Å². The number of nitrogens with one attached hydrogen (secondary N) is 1. The van der Waals surface area contributed by atoms with Crippen LogP contribution in [-0.2, 0) is 4.79 Å². The van der Waals surface area contributed by atoms with Gasteiger partial charge in [-0.25, -0.2) is 4.39 Å². The van der Waals surface area contributed by atoms with Crippen LogP contribution in [0.1, 0.15) is 12.5 Å². The normalized spacial score (nSPS) is 18.7. The molecule has 2 aromatic carbocycles.